The summed E-state index contributed by atoms with van der Waals surface area (Å²) in [5.74, 6) is -0.327. The van der Waals surface area contributed by atoms with E-state index in [2.05, 4.69) is 15.3 Å². The maximum absolute atomic E-state index is 13.1. The molecule has 30 heavy (non-hydrogen) atoms. The lowest BCUT2D eigenvalue weighted by Gasteiger charge is -2.33. The van der Waals surface area contributed by atoms with Crippen molar-refractivity contribution < 1.29 is 4.79 Å². The number of carbonyl (C=O) groups is 1. The molecule has 0 unspecified atom stereocenters. The van der Waals surface area contributed by atoms with Crippen LogP contribution in [0, 0.1) is 0 Å². The topological polar surface area (TPSA) is 96.8 Å². The zero-order valence-electron chi connectivity index (χ0n) is 16.9. The summed E-state index contributed by atoms with van der Waals surface area (Å²) < 4.78 is 1.51. The molecule has 1 aliphatic carbocycles. The van der Waals surface area contributed by atoms with Crippen molar-refractivity contribution in [2.24, 2.45) is 0 Å². The molecule has 1 saturated carbocycles. The lowest BCUT2D eigenvalue weighted by Crippen LogP contribution is -2.45. The number of rotatable bonds is 6. The van der Waals surface area contributed by atoms with Crippen LogP contribution in [-0.2, 0) is 5.54 Å². The lowest BCUT2D eigenvalue weighted by atomic mass is 9.84. The average Bonchev–Trinajstić information content (AvgIpc) is 3.57. The Bertz CT molecular complexity index is 1220. The minimum atomic E-state index is -0.574. The van der Waals surface area contributed by atoms with Crippen molar-refractivity contribution in [3.63, 3.8) is 0 Å². The van der Waals surface area contributed by atoms with Crippen LogP contribution in [-0.4, -0.2) is 20.4 Å². The van der Waals surface area contributed by atoms with Gasteiger partial charge in [-0.3, -0.25) is 19.1 Å². The highest BCUT2D eigenvalue weighted by molar-refractivity contribution is 6.30. The van der Waals surface area contributed by atoms with Crippen LogP contribution in [0.1, 0.15) is 61.5 Å². The van der Waals surface area contributed by atoms with Gasteiger partial charge in [0.1, 0.15) is 5.65 Å². The monoisotopic (exact) mass is 426 g/mol. The molecule has 0 aliphatic heterocycles. The Morgan fingerprint density at radius 1 is 1.23 bits per heavy atom. The molecule has 1 amide bonds. The predicted molar refractivity (Wildman–Crippen MR) is 116 cm³/mol. The fraction of sp³-hybridized carbons (Fsp3) is 0.364. The van der Waals surface area contributed by atoms with Gasteiger partial charge in [0.25, 0.3) is 11.5 Å². The summed E-state index contributed by atoms with van der Waals surface area (Å²) >= 11 is 6.02. The molecule has 2 N–H and O–H groups in total. The van der Waals surface area contributed by atoms with E-state index in [9.17, 15) is 14.4 Å². The number of H-pyrrole nitrogens is 1. The second-order valence-corrected chi connectivity index (χ2v) is 8.14. The van der Waals surface area contributed by atoms with Gasteiger partial charge < -0.3 is 5.32 Å². The molecule has 0 bridgehead atoms. The van der Waals surface area contributed by atoms with E-state index in [1.807, 2.05) is 26.0 Å². The molecule has 3 aromatic rings. The van der Waals surface area contributed by atoms with Gasteiger partial charge in [-0.05, 0) is 49.4 Å². The van der Waals surface area contributed by atoms with Gasteiger partial charge in [-0.25, -0.2) is 9.78 Å². The normalized spacial score (nSPS) is 14.1. The van der Waals surface area contributed by atoms with Crippen LogP contribution in [0.3, 0.4) is 0 Å². The molecule has 0 spiro atoms. The van der Waals surface area contributed by atoms with Crippen LogP contribution in [0.15, 0.2) is 46.1 Å². The van der Waals surface area contributed by atoms with Gasteiger partial charge >= 0.3 is 5.69 Å². The third-order valence-corrected chi connectivity index (χ3v) is 6.16. The van der Waals surface area contributed by atoms with Crippen LogP contribution in [0.5, 0.6) is 0 Å². The second-order valence-electron chi connectivity index (χ2n) is 7.71. The van der Waals surface area contributed by atoms with E-state index >= 15 is 0 Å². The molecule has 1 aromatic carbocycles. The van der Waals surface area contributed by atoms with Crippen LogP contribution in [0.4, 0.5) is 0 Å². The highest BCUT2D eigenvalue weighted by Crippen LogP contribution is 2.35. The van der Waals surface area contributed by atoms with Crippen molar-refractivity contribution in [1.82, 2.24) is 19.9 Å². The van der Waals surface area contributed by atoms with Crippen LogP contribution >= 0.6 is 11.6 Å². The fourth-order valence-corrected chi connectivity index (χ4v) is 4.02. The van der Waals surface area contributed by atoms with Gasteiger partial charge in [-0.2, -0.15) is 0 Å². The zero-order valence-corrected chi connectivity index (χ0v) is 17.6. The van der Waals surface area contributed by atoms with Crippen molar-refractivity contribution in [2.75, 3.05) is 0 Å². The predicted octanol–water partition coefficient (Wildman–Crippen LogP) is 3.52. The first-order chi connectivity index (χ1) is 14.4. The maximum atomic E-state index is 13.1. The van der Waals surface area contributed by atoms with E-state index in [0.29, 0.717) is 23.5 Å². The number of halogens is 1. The maximum Gasteiger partial charge on any atom is 0.330 e. The second kappa shape index (κ2) is 7.72. The van der Waals surface area contributed by atoms with E-state index in [-0.39, 0.29) is 22.9 Å². The number of pyridine rings is 1. The van der Waals surface area contributed by atoms with E-state index in [4.69, 9.17) is 11.6 Å². The minimum Gasteiger partial charge on any atom is -0.342 e. The summed E-state index contributed by atoms with van der Waals surface area (Å²) in [7, 11) is 0. The van der Waals surface area contributed by atoms with Gasteiger partial charge in [0.2, 0.25) is 0 Å². The van der Waals surface area contributed by atoms with Gasteiger partial charge in [-0.15, -0.1) is 0 Å². The SMILES string of the molecule is CCC(CC)(NC(=O)c1cnc2c(c1)c(=O)[nH]c(=O)n2C1CC1)c1ccc(Cl)cc1. The molecule has 0 radical (unpaired) electrons. The Hall–Kier alpha value is -2.93. The van der Waals surface area contributed by atoms with Crippen molar-refractivity contribution in [1.29, 1.82) is 0 Å². The number of fused-ring (bicyclic) bond motifs is 1. The fourth-order valence-electron chi connectivity index (χ4n) is 3.90. The molecule has 2 heterocycles. The van der Waals surface area contributed by atoms with Crippen molar-refractivity contribution in [3.8, 4) is 0 Å². The summed E-state index contributed by atoms with van der Waals surface area (Å²) in [6, 6.07) is 8.99. The molecule has 7 nitrogen and oxygen atoms in total. The Kier molecular flexibility index (Phi) is 5.24. The Morgan fingerprint density at radius 3 is 2.50 bits per heavy atom. The Labute approximate surface area is 178 Å². The summed E-state index contributed by atoms with van der Waals surface area (Å²) in [6.07, 6.45) is 4.54. The summed E-state index contributed by atoms with van der Waals surface area (Å²) in [4.78, 5) is 44.3. The zero-order chi connectivity index (χ0) is 21.5. The highest BCUT2D eigenvalue weighted by atomic mass is 35.5. The molecule has 0 saturated heterocycles. The van der Waals surface area contributed by atoms with E-state index in [0.717, 1.165) is 18.4 Å². The van der Waals surface area contributed by atoms with E-state index in [1.165, 1.54) is 16.8 Å². The summed E-state index contributed by atoms with van der Waals surface area (Å²) in [5, 5.41) is 3.99. The number of nitrogens with zero attached hydrogens (tertiary/aromatic N) is 2. The van der Waals surface area contributed by atoms with E-state index in [1.54, 1.807) is 12.1 Å². The summed E-state index contributed by atoms with van der Waals surface area (Å²) in [6.45, 7) is 4.02. The summed E-state index contributed by atoms with van der Waals surface area (Å²) in [5.41, 5.74) is -0.0237. The number of benzene rings is 1. The van der Waals surface area contributed by atoms with Crippen molar-refractivity contribution in [2.45, 2.75) is 51.1 Å². The van der Waals surface area contributed by atoms with E-state index < -0.39 is 16.8 Å². The van der Waals surface area contributed by atoms with Crippen LogP contribution < -0.4 is 16.6 Å². The molecule has 8 heteroatoms. The number of carbonyl (C=O) groups excluding carboxylic acids is 1. The Morgan fingerprint density at radius 2 is 1.90 bits per heavy atom. The smallest absolute Gasteiger partial charge is 0.330 e. The number of hydrogen-bond acceptors (Lipinski definition) is 4. The lowest BCUT2D eigenvalue weighted by molar-refractivity contribution is 0.0889. The van der Waals surface area contributed by atoms with Crippen molar-refractivity contribution >= 4 is 28.5 Å². The van der Waals surface area contributed by atoms with Gasteiger partial charge in [0.15, 0.2) is 0 Å². The van der Waals surface area contributed by atoms with Crippen LogP contribution in [0.2, 0.25) is 5.02 Å². The minimum absolute atomic E-state index is 0.0572. The quantitative estimate of drug-likeness (QED) is 0.630. The first kappa shape index (κ1) is 20.3. The molecule has 1 fully saturated rings. The molecule has 156 valence electrons. The number of nitrogens with one attached hydrogen (secondary N) is 2. The first-order valence-electron chi connectivity index (χ1n) is 10.1. The third kappa shape index (κ3) is 3.54. The number of aromatic amines is 1. The van der Waals surface area contributed by atoms with Gasteiger partial charge in [0, 0.05) is 17.3 Å². The molecule has 0 atom stereocenters. The Balaban J connectivity index is 1.72. The third-order valence-electron chi connectivity index (χ3n) is 5.91. The van der Waals surface area contributed by atoms with Gasteiger partial charge in [0.05, 0.1) is 16.5 Å². The molecule has 4 rings (SSSR count). The first-order valence-corrected chi connectivity index (χ1v) is 10.5. The van der Waals surface area contributed by atoms with Gasteiger partial charge in [-0.1, -0.05) is 37.6 Å². The largest absolute Gasteiger partial charge is 0.342 e. The van der Waals surface area contributed by atoms with Crippen molar-refractivity contribution in [3.05, 3.63) is 73.5 Å². The number of aromatic nitrogens is 3. The molecule has 1 aliphatic rings. The average molecular weight is 427 g/mol. The van der Waals surface area contributed by atoms with Crippen LogP contribution in [0.25, 0.3) is 11.0 Å². The number of hydrogen-bond donors (Lipinski definition) is 2. The molecular formula is C22H23ClN4O3. The standard InChI is InChI=1S/C22H23ClN4O3/c1-3-22(4-2,14-5-7-15(23)8-6-14)26-19(28)13-11-17-18(24-12-13)27(16-9-10-16)21(30)25-20(17)29/h5-8,11-12,16H,3-4,9-10H2,1-2H3,(H,26,28)(H,25,29,30). The molecule has 2 aromatic heterocycles. The molecular weight excluding hydrogens is 404 g/mol. The highest BCUT2D eigenvalue weighted by Gasteiger charge is 2.31. The number of amides is 1.